The maximum atomic E-state index is 12.1. The van der Waals surface area contributed by atoms with Crippen LogP contribution in [0.5, 0.6) is 0 Å². The van der Waals surface area contributed by atoms with E-state index in [1.807, 2.05) is 0 Å². The average Bonchev–Trinajstić information content (AvgIpc) is 2.09. The monoisotopic (exact) mass is 310 g/mol. The van der Waals surface area contributed by atoms with E-state index < -0.39 is 49.9 Å². The van der Waals surface area contributed by atoms with Crippen molar-refractivity contribution in [3.8, 4) is 0 Å². The lowest BCUT2D eigenvalue weighted by molar-refractivity contribution is -0.150. The standard InChI is InChI=1S/C9H12F6N2O3/c1-5(2-8(10,11)12)16-7(20)17(3-6(18)19)4-9(13,14)15/h5H,2-4H2,1H3,(H,16,20)(H,18,19). The Morgan fingerprint density at radius 3 is 2.00 bits per heavy atom. The number of rotatable bonds is 5. The van der Waals surface area contributed by atoms with Crippen molar-refractivity contribution in [3.05, 3.63) is 0 Å². The molecule has 2 amide bonds. The fraction of sp³-hybridized carbons (Fsp3) is 0.778. The van der Waals surface area contributed by atoms with E-state index in [0.29, 0.717) is 0 Å². The fourth-order valence-corrected chi connectivity index (χ4v) is 1.28. The molecular weight excluding hydrogens is 298 g/mol. The fourth-order valence-electron chi connectivity index (χ4n) is 1.28. The first kappa shape index (κ1) is 18.3. The molecule has 20 heavy (non-hydrogen) atoms. The first-order chi connectivity index (χ1) is 8.80. The van der Waals surface area contributed by atoms with Gasteiger partial charge in [-0.25, -0.2) is 4.79 Å². The van der Waals surface area contributed by atoms with Gasteiger partial charge in [-0.05, 0) is 6.92 Å². The van der Waals surface area contributed by atoms with Gasteiger partial charge in [0.2, 0.25) is 0 Å². The van der Waals surface area contributed by atoms with Crippen molar-refractivity contribution in [3.63, 3.8) is 0 Å². The average molecular weight is 310 g/mol. The highest BCUT2D eigenvalue weighted by molar-refractivity contribution is 5.80. The van der Waals surface area contributed by atoms with E-state index >= 15 is 0 Å². The summed E-state index contributed by atoms with van der Waals surface area (Å²) < 4.78 is 72.4. The lowest BCUT2D eigenvalue weighted by Crippen LogP contribution is -2.50. The van der Waals surface area contributed by atoms with Crippen LogP contribution in [0.3, 0.4) is 0 Å². The second kappa shape index (κ2) is 6.66. The van der Waals surface area contributed by atoms with Crippen LogP contribution in [0, 0.1) is 0 Å². The van der Waals surface area contributed by atoms with E-state index in [9.17, 15) is 35.9 Å². The number of amides is 2. The van der Waals surface area contributed by atoms with Gasteiger partial charge in [0, 0.05) is 6.04 Å². The molecule has 0 heterocycles. The van der Waals surface area contributed by atoms with Gasteiger partial charge in [0.1, 0.15) is 13.1 Å². The number of hydrogen-bond acceptors (Lipinski definition) is 2. The molecule has 0 aliphatic carbocycles. The van der Waals surface area contributed by atoms with Crippen LogP contribution in [0.25, 0.3) is 0 Å². The summed E-state index contributed by atoms with van der Waals surface area (Å²) in [5.41, 5.74) is 0. The van der Waals surface area contributed by atoms with Gasteiger partial charge in [-0.2, -0.15) is 26.3 Å². The summed E-state index contributed by atoms with van der Waals surface area (Å²) >= 11 is 0. The normalized spacial score (nSPS) is 13.8. The number of carboxylic acid groups (broad SMARTS) is 1. The molecule has 2 N–H and O–H groups in total. The van der Waals surface area contributed by atoms with Crippen LogP contribution in [0.4, 0.5) is 31.1 Å². The molecule has 0 spiro atoms. The Kier molecular flexibility index (Phi) is 6.10. The third-order valence-corrected chi connectivity index (χ3v) is 1.89. The second-order valence-electron chi connectivity index (χ2n) is 4.03. The van der Waals surface area contributed by atoms with Crippen LogP contribution in [-0.4, -0.2) is 53.5 Å². The molecule has 0 rings (SSSR count). The number of hydrogen-bond donors (Lipinski definition) is 2. The van der Waals surface area contributed by atoms with Crippen LogP contribution in [0.15, 0.2) is 0 Å². The van der Waals surface area contributed by atoms with Crippen molar-refractivity contribution in [2.75, 3.05) is 13.1 Å². The van der Waals surface area contributed by atoms with Crippen molar-refractivity contribution in [1.82, 2.24) is 10.2 Å². The van der Waals surface area contributed by atoms with Gasteiger partial charge in [-0.3, -0.25) is 4.79 Å². The lowest BCUT2D eigenvalue weighted by atomic mass is 10.2. The summed E-state index contributed by atoms with van der Waals surface area (Å²) in [5.74, 6) is -1.71. The van der Waals surface area contributed by atoms with E-state index in [2.05, 4.69) is 0 Å². The number of carboxylic acids is 1. The minimum absolute atomic E-state index is 0.130. The Hall–Kier alpha value is -1.68. The summed E-state index contributed by atoms with van der Waals surface area (Å²) in [4.78, 5) is 21.6. The van der Waals surface area contributed by atoms with Crippen molar-refractivity contribution < 1.29 is 41.0 Å². The van der Waals surface area contributed by atoms with Crippen LogP contribution in [0.1, 0.15) is 13.3 Å². The molecule has 118 valence electrons. The van der Waals surface area contributed by atoms with Crippen LogP contribution in [-0.2, 0) is 4.79 Å². The molecule has 0 aromatic rings. The highest BCUT2D eigenvalue weighted by Crippen LogP contribution is 2.21. The molecule has 5 nitrogen and oxygen atoms in total. The van der Waals surface area contributed by atoms with Gasteiger partial charge in [-0.1, -0.05) is 0 Å². The highest BCUT2D eigenvalue weighted by atomic mass is 19.4. The number of urea groups is 1. The summed E-state index contributed by atoms with van der Waals surface area (Å²) in [6, 6.07) is -3.01. The van der Waals surface area contributed by atoms with Crippen LogP contribution >= 0.6 is 0 Å². The third-order valence-electron chi connectivity index (χ3n) is 1.89. The van der Waals surface area contributed by atoms with Crippen molar-refractivity contribution in [2.24, 2.45) is 0 Å². The zero-order valence-corrected chi connectivity index (χ0v) is 10.2. The van der Waals surface area contributed by atoms with Crippen molar-refractivity contribution >= 4 is 12.0 Å². The number of carbonyl (C=O) groups excluding carboxylic acids is 1. The number of aliphatic carboxylic acids is 1. The van der Waals surface area contributed by atoms with Crippen molar-refractivity contribution in [1.29, 1.82) is 0 Å². The van der Waals surface area contributed by atoms with E-state index in [1.165, 1.54) is 0 Å². The summed E-state index contributed by atoms with van der Waals surface area (Å²) in [6.07, 6.45) is -10.9. The van der Waals surface area contributed by atoms with E-state index in [1.54, 1.807) is 5.32 Å². The summed E-state index contributed by atoms with van der Waals surface area (Å²) in [7, 11) is 0. The summed E-state index contributed by atoms with van der Waals surface area (Å²) in [5, 5.41) is 10.0. The van der Waals surface area contributed by atoms with Gasteiger partial charge in [0.25, 0.3) is 0 Å². The zero-order chi connectivity index (χ0) is 16.1. The first-order valence-electron chi connectivity index (χ1n) is 5.21. The second-order valence-corrected chi connectivity index (χ2v) is 4.03. The SMILES string of the molecule is CC(CC(F)(F)F)NC(=O)N(CC(=O)O)CC(F)(F)F. The van der Waals surface area contributed by atoms with E-state index in [4.69, 9.17) is 5.11 Å². The smallest absolute Gasteiger partial charge is 0.406 e. The molecule has 1 unspecified atom stereocenters. The lowest BCUT2D eigenvalue weighted by Gasteiger charge is -2.25. The van der Waals surface area contributed by atoms with Gasteiger partial charge in [-0.15, -0.1) is 0 Å². The number of nitrogens with zero attached hydrogens (tertiary/aromatic N) is 1. The predicted octanol–water partition coefficient (Wildman–Crippen LogP) is 1.99. The molecule has 0 fully saturated rings. The van der Waals surface area contributed by atoms with Gasteiger partial charge >= 0.3 is 24.4 Å². The Bertz CT molecular complexity index is 355. The minimum atomic E-state index is -4.86. The highest BCUT2D eigenvalue weighted by Gasteiger charge is 2.35. The van der Waals surface area contributed by atoms with E-state index in [0.717, 1.165) is 6.92 Å². The van der Waals surface area contributed by atoms with Gasteiger partial charge < -0.3 is 15.3 Å². The Balaban J connectivity index is 4.66. The largest absolute Gasteiger partial charge is 0.480 e. The molecule has 0 aromatic carbocycles. The topological polar surface area (TPSA) is 69.6 Å². The van der Waals surface area contributed by atoms with Gasteiger partial charge in [0.15, 0.2) is 0 Å². The molecule has 11 heteroatoms. The number of alkyl halides is 6. The molecule has 0 aromatic heterocycles. The Labute approximate surface area is 109 Å². The Morgan fingerprint density at radius 2 is 1.65 bits per heavy atom. The summed E-state index contributed by atoms with van der Waals surface area (Å²) in [6.45, 7) is -2.20. The van der Waals surface area contributed by atoms with Gasteiger partial charge in [0.05, 0.1) is 6.42 Å². The molecule has 0 radical (unpaired) electrons. The number of carbonyl (C=O) groups is 2. The maximum absolute atomic E-state index is 12.1. The molecule has 0 bridgehead atoms. The molecule has 0 aliphatic rings. The molecule has 0 saturated heterocycles. The van der Waals surface area contributed by atoms with Crippen LogP contribution < -0.4 is 5.32 Å². The quantitative estimate of drug-likeness (QED) is 0.763. The Morgan fingerprint density at radius 1 is 1.15 bits per heavy atom. The molecular formula is C9H12F6N2O3. The van der Waals surface area contributed by atoms with Crippen molar-refractivity contribution in [2.45, 2.75) is 31.7 Å². The van der Waals surface area contributed by atoms with Crippen LogP contribution in [0.2, 0.25) is 0 Å². The minimum Gasteiger partial charge on any atom is -0.480 e. The molecule has 1 atom stereocenters. The maximum Gasteiger partial charge on any atom is 0.406 e. The number of nitrogens with one attached hydrogen (secondary N) is 1. The molecule has 0 aliphatic heterocycles. The molecule has 0 saturated carbocycles. The number of halogens is 6. The zero-order valence-electron chi connectivity index (χ0n) is 10.2. The predicted molar refractivity (Wildman–Crippen MR) is 53.9 cm³/mol. The first-order valence-corrected chi connectivity index (χ1v) is 5.21. The van der Waals surface area contributed by atoms with E-state index in [-0.39, 0.29) is 4.90 Å². The third kappa shape index (κ3) is 9.28.